The molecule has 1 aromatic carbocycles. The number of nitrogens with one attached hydrogen (secondary N) is 1. The van der Waals surface area contributed by atoms with Crippen LogP contribution in [-0.2, 0) is 11.2 Å². The molecule has 0 atom stereocenters. The van der Waals surface area contributed by atoms with Gasteiger partial charge in [0.05, 0.1) is 6.42 Å². The maximum Gasteiger partial charge on any atom is 0.238 e. The molecule has 0 saturated heterocycles. The highest BCUT2D eigenvalue weighted by atomic mass is 16.3. The van der Waals surface area contributed by atoms with Gasteiger partial charge in [-0.3, -0.25) is 10.2 Å². The highest BCUT2D eigenvalue weighted by Crippen LogP contribution is 2.15. The molecule has 0 heterocycles. The first-order valence-electron chi connectivity index (χ1n) is 3.50. The predicted octanol–water partition coefficient (Wildman–Crippen LogP) is -0.0754. The number of rotatable bonds is 2. The number of hydrogen-bond acceptors (Lipinski definition) is 3. The van der Waals surface area contributed by atoms with Crippen LogP contribution in [0.25, 0.3) is 0 Å². The number of para-hydroxylation sites is 1. The van der Waals surface area contributed by atoms with Crippen molar-refractivity contribution in [3.63, 3.8) is 0 Å². The van der Waals surface area contributed by atoms with Gasteiger partial charge in [0.15, 0.2) is 0 Å². The SMILES string of the molecule is NNC(=O)Cc1ccccc1O. The number of carbonyl (C=O) groups is 1. The highest BCUT2D eigenvalue weighted by molar-refractivity contribution is 5.78. The third-order valence-corrected chi connectivity index (χ3v) is 1.50. The number of hydrazine groups is 1. The van der Waals surface area contributed by atoms with E-state index in [1.807, 2.05) is 5.43 Å². The maximum absolute atomic E-state index is 10.8. The Morgan fingerprint density at radius 2 is 2.17 bits per heavy atom. The van der Waals surface area contributed by atoms with E-state index in [-0.39, 0.29) is 18.1 Å². The lowest BCUT2D eigenvalue weighted by atomic mass is 10.1. The second-order valence-electron chi connectivity index (χ2n) is 2.37. The molecule has 64 valence electrons. The van der Waals surface area contributed by atoms with Gasteiger partial charge in [-0.1, -0.05) is 18.2 Å². The fourth-order valence-corrected chi connectivity index (χ4v) is 0.884. The molecule has 4 heteroatoms. The van der Waals surface area contributed by atoms with Gasteiger partial charge >= 0.3 is 0 Å². The number of carbonyl (C=O) groups excluding carboxylic acids is 1. The summed E-state index contributed by atoms with van der Waals surface area (Å²) in [5, 5.41) is 9.23. The molecule has 0 saturated carbocycles. The van der Waals surface area contributed by atoms with Crippen LogP contribution in [-0.4, -0.2) is 11.0 Å². The summed E-state index contributed by atoms with van der Waals surface area (Å²) < 4.78 is 0. The lowest BCUT2D eigenvalue weighted by molar-refractivity contribution is -0.120. The standard InChI is InChI=1S/C8H10N2O2/c9-10-8(12)5-6-3-1-2-4-7(6)11/h1-4,11H,5,9H2,(H,10,12). The van der Waals surface area contributed by atoms with E-state index in [4.69, 9.17) is 5.84 Å². The molecular weight excluding hydrogens is 156 g/mol. The van der Waals surface area contributed by atoms with Gasteiger partial charge in [0.25, 0.3) is 0 Å². The molecule has 1 rings (SSSR count). The van der Waals surface area contributed by atoms with Gasteiger partial charge < -0.3 is 5.11 Å². The van der Waals surface area contributed by atoms with E-state index in [1.165, 1.54) is 6.07 Å². The summed E-state index contributed by atoms with van der Waals surface area (Å²) in [7, 11) is 0. The van der Waals surface area contributed by atoms with E-state index in [0.29, 0.717) is 5.56 Å². The molecule has 4 nitrogen and oxygen atoms in total. The van der Waals surface area contributed by atoms with Crippen LogP contribution in [0.15, 0.2) is 24.3 Å². The number of benzene rings is 1. The zero-order valence-electron chi connectivity index (χ0n) is 6.45. The minimum Gasteiger partial charge on any atom is -0.508 e. The topological polar surface area (TPSA) is 75.3 Å². The first kappa shape index (κ1) is 8.55. The Kier molecular flexibility index (Phi) is 2.66. The van der Waals surface area contributed by atoms with Crippen molar-refractivity contribution in [1.82, 2.24) is 5.43 Å². The Balaban J connectivity index is 2.75. The van der Waals surface area contributed by atoms with E-state index in [9.17, 15) is 9.90 Å². The number of phenols is 1. The number of phenolic OH excluding ortho intramolecular Hbond substituents is 1. The lowest BCUT2D eigenvalue weighted by Gasteiger charge is -2.01. The lowest BCUT2D eigenvalue weighted by Crippen LogP contribution is -2.31. The molecule has 4 N–H and O–H groups in total. The normalized spacial score (nSPS) is 9.42. The van der Waals surface area contributed by atoms with E-state index >= 15 is 0 Å². The van der Waals surface area contributed by atoms with Crippen LogP contribution < -0.4 is 11.3 Å². The van der Waals surface area contributed by atoms with Crippen LogP contribution in [0.5, 0.6) is 5.75 Å². The van der Waals surface area contributed by atoms with Gasteiger partial charge in [0, 0.05) is 5.56 Å². The van der Waals surface area contributed by atoms with E-state index < -0.39 is 0 Å². The number of nitrogens with two attached hydrogens (primary N) is 1. The van der Waals surface area contributed by atoms with Crippen molar-refractivity contribution in [3.8, 4) is 5.75 Å². The van der Waals surface area contributed by atoms with Crippen LogP contribution in [0.4, 0.5) is 0 Å². The van der Waals surface area contributed by atoms with Crippen molar-refractivity contribution in [2.45, 2.75) is 6.42 Å². The smallest absolute Gasteiger partial charge is 0.238 e. The van der Waals surface area contributed by atoms with E-state index in [0.717, 1.165) is 0 Å². The second-order valence-corrected chi connectivity index (χ2v) is 2.37. The molecule has 1 amide bonds. The van der Waals surface area contributed by atoms with Crippen molar-refractivity contribution < 1.29 is 9.90 Å². The third-order valence-electron chi connectivity index (χ3n) is 1.50. The molecule has 0 aliphatic rings. The Labute approximate surface area is 70.0 Å². The minimum absolute atomic E-state index is 0.100. The number of hydrogen-bond donors (Lipinski definition) is 3. The Hall–Kier alpha value is -1.55. The molecule has 0 radical (unpaired) electrons. The van der Waals surface area contributed by atoms with Crippen LogP contribution in [0.1, 0.15) is 5.56 Å². The van der Waals surface area contributed by atoms with E-state index in [2.05, 4.69) is 0 Å². The molecule has 0 fully saturated rings. The molecule has 0 aromatic heterocycles. The van der Waals surface area contributed by atoms with Gasteiger partial charge in [-0.2, -0.15) is 0 Å². The van der Waals surface area contributed by atoms with Crippen molar-refractivity contribution in [2.75, 3.05) is 0 Å². The monoisotopic (exact) mass is 166 g/mol. The van der Waals surface area contributed by atoms with Gasteiger partial charge in [-0.25, -0.2) is 5.84 Å². The van der Waals surface area contributed by atoms with Crippen LogP contribution in [0.2, 0.25) is 0 Å². The number of amides is 1. The van der Waals surface area contributed by atoms with Gasteiger partial charge in [0.2, 0.25) is 5.91 Å². The van der Waals surface area contributed by atoms with Crippen molar-refractivity contribution in [1.29, 1.82) is 0 Å². The highest BCUT2D eigenvalue weighted by Gasteiger charge is 2.04. The first-order valence-corrected chi connectivity index (χ1v) is 3.50. The second kappa shape index (κ2) is 3.73. The van der Waals surface area contributed by atoms with Crippen molar-refractivity contribution in [2.24, 2.45) is 5.84 Å². The molecule has 0 aliphatic carbocycles. The van der Waals surface area contributed by atoms with Gasteiger partial charge in [-0.05, 0) is 6.07 Å². The van der Waals surface area contributed by atoms with Gasteiger partial charge in [0.1, 0.15) is 5.75 Å². The number of aromatic hydroxyl groups is 1. The summed E-state index contributed by atoms with van der Waals surface area (Å²) in [6.45, 7) is 0. The molecule has 0 spiro atoms. The minimum atomic E-state index is -0.323. The summed E-state index contributed by atoms with van der Waals surface area (Å²) in [6.07, 6.45) is 0.100. The molecular formula is C8H10N2O2. The molecule has 0 unspecified atom stereocenters. The molecule has 0 aliphatic heterocycles. The first-order chi connectivity index (χ1) is 5.74. The van der Waals surface area contributed by atoms with Crippen LogP contribution in [0, 0.1) is 0 Å². The zero-order valence-corrected chi connectivity index (χ0v) is 6.45. The largest absolute Gasteiger partial charge is 0.508 e. The molecule has 1 aromatic rings. The fourth-order valence-electron chi connectivity index (χ4n) is 0.884. The quantitative estimate of drug-likeness (QED) is 0.327. The van der Waals surface area contributed by atoms with Crippen molar-refractivity contribution in [3.05, 3.63) is 29.8 Å². The van der Waals surface area contributed by atoms with Crippen molar-refractivity contribution >= 4 is 5.91 Å². The Bertz CT molecular complexity index is 286. The third kappa shape index (κ3) is 1.96. The van der Waals surface area contributed by atoms with E-state index in [1.54, 1.807) is 18.2 Å². The van der Waals surface area contributed by atoms with Gasteiger partial charge in [-0.15, -0.1) is 0 Å². The zero-order chi connectivity index (χ0) is 8.97. The maximum atomic E-state index is 10.8. The summed E-state index contributed by atoms with van der Waals surface area (Å²) in [5.74, 6) is 4.68. The summed E-state index contributed by atoms with van der Waals surface area (Å²) in [5.41, 5.74) is 2.56. The summed E-state index contributed by atoms with van der Waals surface area (Å²) in [6, 6.07) is 6.64. The summed E-state index contributed by atoms with van der Waals surface area (Å²) in [4.78, 5) is 10.8. The molecule has 12 heavy (non-hydrogen) atoms. The Morgan fingerprint density at radius 3 is 2.75 bits per heavy atom. The Morgan fingerprint density at radius 1 is 1.50 bits per heavy atom. The molecule has 0 bridgehead atoms. The predicted molar refractivity (Wildman–Crippen MR) is 44.1 cm³/mol. The average molecular weight is 166 g/mol. The van der Waals surface area contributed by atoms with Crippen LogP contribution in [0.3, 0.4) is 0 Å². The summed E-state index contributed by atoms with van der Waals surface area (Å²) >= 11 is 0. The fraction of sp³-hybridized carbons (Fsp3) is 0.125. The average Bonchev–Trinajstić information content (AvgIpc) is 2.09. The van der Waals surface area contributed by atoms with Crippen LogP contribution >= 0.6 is 0 Å².